The van der Waals surface area contributed by atoms with Crippen LogP contribution in [0.3, 0.4) is 0 Å². The summed E-state index contributed by atoms with van der Waals surface area (Å²) in [5.74, 6) is -1.32. The molecule has 3 aromatic rings. The number of fused-ring (bicyclic) bond motifs is 2. The fraction of sp³-hybridized carbons (Fsp3) is 0.182. The minimum Gasteiger partial charge on any atom is -0.507 e. The van der Waals surface area contributed by atoms with E-state index in [9.17, 15) is 14.7 Å². The van der Waals surface area contributed by atoms with Crippen LogP contribution in [0, 0.1) is 0 Å². The van der Waals surface area contributed by atoms with Crippen molar-refractivity contribution in [1.82, 2.24) is 0 Å². The maximum atomic E-state index is 12.3. The molecule has 0 saturated carbocycles. The minimum absolute atomic E-state index is 0.0408. The van der Waals surface area contributed by atoms with Crippen molar-refractivity contribution in [3.05, 3.63) is 71.3 Å². The molecule has 0 bridgehead atoms. The number of hydrogen-bond acceptors (Lipinski definition) is 4. The molecule has 3 aromatic carbocycles. The van der Waals surface area contributed by atoms with Crippen molar-refractivity contribution in [2.24, 2.45) is 0 Å². The summed E-state index contributed by atoms with van der Waals surface area (Å²) in [4.78, 5) is 24.4. The molecular formula is C22H19NO4. The van der Waals surface area contributed by atoms with Gasteiger partial charge in [0.1, 0.15) is 11.3 Å². The van der Waals surface area contributed by atoms with Crippen LogP contribution in [0.25, 0.3) is 10.8 Å². The van der Waals surface area contributed by atoms with Gasteiger partial charge in [-0.1, -0.05) is 30.3 Å². The maximum Gasteiger partial charge on any atom is 0.342 e. The molecule has 0 aliphatic heterocycles. The highest BCUT2D eigenvalue weighted by molar-refractivity contribution is 6.00. The van der Waals surface area contributed by atoms with Crippen LogP contribution in [0.15, 0.2) is 54.6 Å². The van der Waals surface area contributed by atoms with Gasteiger partial charge in [0, 0.05) is 5.69 Å². The zero-order valence-electron chi connectivity index (χ0n) is 14.7. The van der Waals surface area contributed by atoms with Crippen LogP contribution >= 0.6 is 0 Å². The summed E-state index contributed by atoms with van der Waals surface area (Å²) < 4.78 is 5.07. The first-order valence-electron chi connectivity index (χ1n) is 8.91. The van der Waals surface area contributed by atoms with Crippen molar-refractivity contribution in [3.8, 4) is 5.75 Å². The second-order valence-corrected chi connectivity index (χ2v) is 6.68. The lowest BCUT2D eigenvalue weighted by molar-refractivity contribution is -0.119. The normalized spacial score (nSPS) is 12.6. The van der Waals surface area contributed by atoms with Crippen LogP contribution in [0.5, 0.6) is 5.75 Å². The molecule has 0 spiro atoms. The Morgan fingerprint density at radius 3 is 2.52 bits per heavy atom. The fourth-order valence-corrected chi connectivity index (χ4v) is 3.45. The number of aromatic hydroxyl groups is 1. The lowest BCUT2D eigenvalue weighted by Crippen LogP contribution is -2.21. The summed E-state index contributed by atoms with van der Waals surface area (Å²) in [5.41, 5.74) is 3.32. The van der Waals surface area contributed by atoms with Gasteiger partial charge in [-0.05, 0) is 65.4 Å². The molecule has 0 aromatic heterocycles. The van der Waals surface area contributed by atoms with Crippen molar-refractivity contribution >= 4 is 28.3 Å². The molecule has 0 unspecified atom stereocenters. The average molecular weight is 361 g/mol. The zero-order chi connectivity index (χ0) is 18.8. The number of phenols is 1. The Labute approximate surface area is 156 Å². The third-order valence-electron chi connectivity index (χ3n) is 4.80. The molecule has 1 aliphatic rings. The van der Waals surface area contributed by atoms with Gasteiger partial charge >= 0.3 is 5.97 Å². The molecule has 0 fully saturated rings. The molecule has 136 valence electrons. The first-order chi connectivity index (χ1) is 13.1. The van der Waals surface area contributed by atoms with Gasteiger partial charge in [0.25, 0.3) is 5.91 Å². The minimum atomic E-state index is -0.734. The molecular weight excluding hydrogens is 342 g/mol. The first-order valence-corrected chi connectivity index (χ1v) is 8.91. The van der Waals surface area contributed by atoms with E-state index in [0.717, 1.165) is 30.0 Å². The standard InChI is InChI=1S/C22H19NO4/c24-20-12-17-5-2-1-4-16(17)11-19(20)22(26)27-13-21(25)23-18-9-8-14-6-3-7-15(14)10-18/h1-2,4-5,8-12,24H,3,6-7,13H2,(H,23,25). The molecule has 1 amide bonds. The van der Waals surface area contributed by atoms with Crippen LogP contribution in [0.2, 0.25) is 0 Å². The van der Waals surface area contributed by atoms with Gasteiger partial charge in [-0.15, -0.1) is 0 Å². The molecule has 4 rings (SSSR count). The summed E-state index contributed by atoms with van der Waals surface area (Å²) >= 11 is 0. The highest BCUT2D eigenvalue weighted by atomic mass is 16.5. The van der Waals surface area contributed by atoms with E-state index in [1.165, 1.54) is 17.2 Å². The Morgan fingerprint density at radius 1 is 0.963 bits per heavy atom. The van der Waals surface area contributed by atoms with Crippen LogP contribution < -0.4 is 5.32 Å². The number of carbonyl (C=O) groups excluding carboxylic acids is 2. The van der Waals surface area contributed by atoms with E-state index < -0.39 is 18.5 Å². The zero-order valence-corrected chi connectivity index (χ0v) is 14.7. The number of hydrogen-bond donors (Lipinski definition) is 2. The SMILES string of the molecule is O=C(COC(=O)c1cc2ccccc2cc1O)Nc1ccc2c(c1)CCC2. The lowest BCUT2D eigenvalue weighted by Gasteiger charge is -2.09. The lowest BCUT2D eigenvalue weighted by atomic mass is 10.1. The second kappa shape index (κ2) is 7.11. The smallest absolute Gasteiger partial charge is 0.342 e. The highest BCUT2D eigenvalue weighted by Gasteiger charge is 2.16. The number of aryl methyl sites for hydroxylation is 2. The van der Waals surface area contributed by atoms with Crippen molar-refractivity contribution in [3.63, 3.8) is 0 Å². The number of nitrogens with one attached hydrogen (secondary N) is 1. The van der Waals surface area contributed by atoms with Gasteiger partial charge in [0.05, 0.1) is 0 Å². The van der Waals surface area contributed by atoms with E-state index in [1.54, 1.807) is 6.07 Å². The third-order valence-corrected chi connectivity index (χ3v) is 4.80. The second-order valence-electron chi connectivity index (χ2n) is 6.68. The molecule has 1 aliphatic carbocycles. The number of carbonyl (C=O) groups is 2. The number of rotatable bonds is 4. The van der Waals surface area contributed by atoms with Crippen molar-refractivity contribution in [2.75, 3.05) is 11.9 Å². The van der Waals surface area contributed by atoms with Crippen LogP contribution in [0.4, 0.5) is 5.69 Å². The summed E-state index contributed by atoms with van der Waals surface area (Å²) in [6, 6.07) is 16.3. The van der Waals surface area contributed by atoms with Crippen molar-refractivity contribution in [2.45, 2.75) is 19.3 Å². The summed E-state index contributed by atoms with van der Waals surface area (Å²) in [5, 5.41) is 14.4. The number of phenolic OH excluding ortho intramolecular Hbond substituents is 1. The summed E-state index contributed by atoms with van der Waals surface area (Å²) in [6.45, 7) is -0.414. The van der Waals surface area contributed by atoms with Gasteiger partial charge < -0.3 is 15.2 Å². The average Bonchev–Trinajstić information content (AvgIpc) is 3.13. The van der Waals surface area contributed by atoms with Crippen LogP contribution in [-0.2, 0) is 22.4 Å². The fourth-order valence-electron chi connectivity index (χ4n) is 3.45. The van der Waals surface area contributed by atoms with Gasteiger partial charge in [0.15, 0.2) is 6.61 Å². The van der Waals surface area contributed by atoms with E-state index >= 15 is 0 Å². The molecule has 0 atom stereocenters. The van der Waals surface area contributed by atoms with Crippen molar-refractivity contribution < 1.29 is 19.4 Å². The Hall–Kier alpha value is -3.34. The number of amides is 1. The van der Waals surface area contributed by atoms with Crippen LogP contribution in [0.1, 0.15) is 27.9 Å². The first kappa shape index (κ1) is 17.1. The predicted octanol–water partition coefficient (Wildman–Crippen LogP) is 3.83. The van der Waals surface area contributed by atoms with Gasteiger partial charge in [-0.3, -0.25) is 4.79 Å². The Morgan fingerprint density at radius 2 is 1.70 bits per heavy atom. The van der Waals surface area contributed by atoms with Crippen molar-refractivity contribution in [1.29, 1.82) is 0 Å². The molecule has 0 radical (unpaired) electrons. The topological polar surface area (TPSA) is 75.6 Å². The highest BCUT2D eigenvalue weighted by Crippen LogP contribution is 2.26. The molecule has 0 heterocycles. The number of ether oxygens (including phenoxy) is 1. The molecule has 5 heteroatoms. The molecule has 5 nitrogen and oxygen atoms in total. The molecule has 27 heavy (non-hydrogen) atoms. The Bertz CT molecular complexity index is 1040. The van der Waals surface area contributed by atoms with E-state index in [4.69, 9.17) is 4.74 Å². The predicted molar refractivity (Wildman–Crippen MR) is 103 cm³/mol. The van der Waals surface area contributed by atoms with E-state index in [2.05, 4.69) is 5.32 Å². The largest absolute Gasteiger partial charge is 0.507 e. The van der Waals surface area contributed by atoms with Gasteiger partial charge in [0.2, 0.25) is 0 Å². The van der Waals surface area contributed by atoms with E-state index in [1.807, 2.05) is 42.5 Å². The molecule has 2 N–H and O–H groups in total. The van der Waals surface area contributed by atoms with E-state index in [0.29, 0.717) is 5.69 Å². The molecule has 0 saturated heterocycles. The monoisotopic (exact) mass is 361 g/mol. The summed E-state index contributed by atoms with van der Waals surface area (Å²) in [6.07, 6.45) is 3.24. The number of anilines is 1. The Kier molecular flexibility index (Phi) is 4.50. The van der Waals surface area contributed by atoms with Crippen LogP contribution in [-0.4, -0.2) is 23.6 Å². The number of esters is 1. The van der Waals surface area contributed by atoms with E-state index in [-0.39, 0.29) is 11.3 Å². The quantitative estimate of drug-likeness (QED) is 0.693. The summed E-state index contributed by atoms with van der Waals surface area (Å²) in [7, 11) is 0. The number of benzene rings is 3. The maximum absolute atomic E-state index is 12.3. The van der Waals surface area contributed by atoms with Gasteiger partial charge in [-0.25, -0.2) is 4.79 Å². The third kappa shape index (κ3) is 3.62. The Balaban J connectivity index is 1.40. The van der Waals surface area contributed by atoms with Gasteiger partial charge in [-0.2, -0.15) is 0 Å².